The number of nitrogens with one attached hydrogen (secondary N) is 1. The van der Waals surface area contributed by atoms with E-state index in [-0.39, 0.29) is 5.54 Å². The van der Waals surface area contributed by atoms with Crippen LogP contribution in [0.2, 0.25) is 0 Å². The van der Waals surface area contributed by atoms with Gasteiger partial charge in [0.2, 0.25) is 0 Å². The molecular formula is C10H19NO. The number of rotatable bonds is 3. The highest BCUT2D eigenvalue weighted by atomic mass is 16.5. The van der Waals surface area contributed by atoms with Crippen LogP contribution in [0.4, 0.5) is 0 Å². The Labute approximate surface area is 74.7 Å². The zero-order valence-electron chi connectivity index (χ0n) is 8.10. The van der Waals surface area contributed by atoms with Crippen LogP contribution >= 0.6 is 0 Å². The summed E-state index contributed by atoms with van der Waals surface area (Å²) in [5, 5.41) is 3.47. The zero-order chi connectivity index (χ0) is 8.60. The van der Waals surface area contributed by atoms with Gasteiger partial charge in [0.05, 0.1) is 6.10 Å². The van der Waals surface area contributed by atoms with E-state index in [2.05, 4.69) is 19.2 Å². The maximum atomic E-state index is 5.88. The molecule has 70 valence electrons. The zero-order valence-corrected chi connectivity index (χ0v) is 8.10. The Bertz CT molecular complexity index is 163. The van der Waals surface area contributed by atoms with Crippen LogP contribution in [0.15, 0.2) is 0 Å². The minimum Gasteiger partial charge on any atom is -0.376 e. The molecule has 0 bridgehead atoms. The predicted molar refractivity (Wildman–Crippen MR) is 49.2 cm³/mol. The van der Waals surface area contributed by atoms with Gasteiger partial charge in [0.15, 0.2) is 0 Å². The Morgan fingerprint density at radius 2 is 2.08 bits per heavy atom. The van der Waals surface area contributed by atoms with Crippen LogP contribution in [0.1, 0.15) is 33.1 Å². The molecule has 2 heteroatoms. The standard InChI is InChI=1S/C10H19NO/c1-10(2)9(5-6-11-10)12-7-8-3-4-8/h8-9,11H,3-7H2,1-2H3. The highest BCUT2D eigenvalue weighted by Crippen LogP contribution is 2.31. The molecule has 1 aliphatic heterocycles. The van der Waals surface area contributed by atoms with Crippen LogP contribution in [0.5, 0.6) is 0 Å². The lowest BCUT2D eigenvalue weighted by atomic mass is 10.00. The van der Waals surface area contributed by atoms with Crippen molar-refractivity contribution in [2.75, 3.05) is 13.2 Å². The smallest absolute Gasteiger partial charge is 0.0763 e. The molecule has 0 amide bonds. The van der Waals surface area contributed by atoms with Crippen molar-refractivity contribution in [3.05, 3.63) is 0 Å². The molecule has 2 rings (SSSR count). The molecule has 1 atom stereocenters. The number of hydrogen-bond acceptors (Lipinski definition) is 2. The van der Waals surface area contributed by atoms with Crippen molar-refractivity contribution in [2.45, 2.75) is 44.8 Å². The minimum atomic E-state index is 0.203. The molecule has 12 heavy (non-hydrogen) atoms. The second-order valence-corrected chi connectivity index (χ2v) is 4.70. The molecule has 2 fully saturated rings. The molecule has 1 saturated heterocycles. The summed E-state index contributed by atoms with van der Waals surface area (Å²) in [6.07, 6.45) is 4.40. The summed E-state index contributed by atoms with van der Waals surface area (Å²) in [5.41, 5.74) is 0.203. The van der Waals surface area contributed by atoms with E-state index in [9.17, 15) is 0 Å². The molecule has 0 aromatic carbocycles. The molecule has 1 saturated carbocycles. The largest absolute Gasteiger partial charge is 0.376 e. The first kappa shape index (κ1) is 8.52. The third-order valence-electron chi connectivity index (χ3n) is 3.02. The van der Waals surface area contributed by atoms with E-state index < -0.39 is 0 Å². The average Bonchev–Trinajstić information content (AvgIpc) is 2.74. The Morgan fingerprint density at radius 1 is 1.33 bits per heavy atom. The summed E-state index contributed by atoms with van der Waals surface area (Å²) in [6, 6.07) is 0. The van der Waals surface area contributed by atoms with Crippen molar-refractivity contribution in [1.82, 2.24) is 5.32 Å². The first-order chi connectivity index (χ1) is 5.68. The van der Waals surface area contributed by atoms with Crippen LogP contribution in [0, 0.1) is 5.92 Å². The normalized spacial score (nSPS) is 34.0. The van der Waals surface area contributed by atoms with Crippen LogP contribution in [-0.2, 0) is 4.74 Å². The Morgan fingerprint density at radius 3 is 2.58 bits per heavy atom. The molecule has 0 aromatic rings. The van der Waals surface area contributed by atoms with Gasteiger partial charge in [-0.2, -0.15) is 0 Å². The first-order valence-corrected chi connectivity index (χ1v) is 5.05. The number of hydrogen-bond donors (Lipinski definition) is 1. The van der Waals surface area contributed by atoms with Crippen molar-refractivity contribution in [3.8, 4) is 0 Å². The van der Waals surface area contributed by atoms with E-state index in [1.807, 2.05) is 0 Å². The Kier molecular flexibility index (Phi) is 2.13. The maximum Gasteiger partial charge on any atom is 0.0763 e. The lowest BCUT2D eigenvalue weighted by molar-refractivity contribution is 0.0145. The van der Waals surface area contributed by atoms with Crippen LogP contribution in [-0.4, -0.2) is 24.8 Å². The van der Waals surface area contributed by atoms with Crippen molar-refractivity contribution in [1.29, 1.82) is 0 Å². The summed E-state index contributed by atoms with van der Waals surface area (Å²) in [5.74, 6) is 0.890. The van der Waals surface area contributed by atoms with Crippen molar-refractivity contribution in [2.24, 2.45) is 5.92 Å². The van der Waals surface area contributed by atoms with Crippen molar-refractivity contribution >= 4 is 0 Å². The van der Waals surface area contributed by atoms with E-state index in [4.69, 9.17) is 4.74 Å². The predicted octanol–water partition coefficient (Wildman–Crippen LogP) is 1.55. The third kappa shape index (κ3) is 1.80. The molecule has 0 radical (unpaired) electrons. The van der Waals surface area contributed by atoms with Gasteiger partial charge in [-0.3, -0.25) is 0 Å². The van der Waals surface area contributed by atoms with Gasteiger partial charge in [-0.05, 0) is 45.6 Å². The van der Waals surface area contributed by atoms with E-state index in [1.165, 1.54) is 19.3 Å². The molecule has 2 aliphatic rings. The van der Waals surface area contributed by atoms with Gasteiger partial charge in [-0.25, -0.2) is 0 Å². The average molecular weight is 169 g/mol. The molecule has 2 nitrogen and oxygen atoms in total. The van der Waals surface area contributed by atoms with Gasteiger partial charge in [-0.1, -0.05) is 0 Å². The minimum absolute atomic E-state index is 0.203. The molecular weight excluding hydrogens is 150 g/mol. The molecule has 1 N–H and O–H groups in total. The second-order valence-electron chi connectivity index (χ2n) is 4.70. The van der Waals surface area contributed by atoms with E-state index in [0.29, 0.717) is 6.10 Å². The fraction of sp³-hybridized carbons (Fsp3) is 1.00. The first-order valence-electron chi connectivity index (χ1n) is 5.05. The SMILES string of the molecule is CC1(C)NCCC1OCC1CC1. The summed E-state index contributed by atoms with van der Waals surface area (Å²) in [6.45, 7) is 6.58. The molecule has 0 spiro atoms. The van der Waals surface area contributed by atoms with Gasteiger partial charge >= 0.3 is 0 Å². The van der Waals surface area contributed by atoms with Crippen LogP contribution < -0.4 is 5.32 Å². The van der Waals surface area contributed by atoms with Gasteiger partial charge in [-0.15, -0.1) is 0 Å². The Balaban J connectivity index is 1.77. The molecule has 1 aliphatic carbocycles. The van der Waals surface area contributed by atoms with Crippen LogP contribution in [0.3, 0.4) is 0 Å². The molecule has 1 unspecified atom stereocenters. The van der Waals surface area contributed by atoms with Crippen molar-refractivity contribution in [3.63, 3.8) is 0 Å². The van der Waals surface area contributed by atoms with Crippen molar-refractivity contribution < 1.29 is 4.74 Å². The third-order valence-corrected chi connectivity index (χ3v) is 3.02. The van der Waals surface area contributed by atoms with Gasteiger partial charge in [0, 0.05) is 12.1 Å². The van der Waals surface area contributed by atoms with E-state index in [0.717, 1.165) is 19.1 Å². The highest BCUT2D eigenvalue weighted by Gasteiger charge is 2.36. The van der Waals surface area contributed by atoms with E-state index >= 15 is 0 Å². The van der Waals surface area contributed by atoms with E-state index in [1.54, 1.807) is 0 Å². The lowest BCUT2D eigenvalue weighted by Crippen LogP contribution is -2.42. The lowest BCUT2D eigenvalue weighted by Gasteiger charge is -2.27. The highest BCUT2D eigenvalue weighted by molar-refractivity contribution is 4.93. The fourth-order valence-electron chi connectivity index (χ4n) is 1.83. The summed E-state index contributed by atoms with van der Waals surface area (Å²) in [7, 11) is 0. The summed E-state index contributed by atoms with van der Waals surface area (Å²) >= 11 is 0. The Hall–Kier alpha value is -0.0800. The topological polar surface area (TPSA) is 21.3 Å². The van der Waals surface area contributed by atoms with Gasteiger partial charge < -0.3 is 10.1 Å². The quantitative estimate of drug-likeness (QED) is 0.692. The summed E-state index contributed by atoms with van der Waals surface area (Å²) in [4.78, 5) is 0. The number of ether oxygens (including phenoxy) is 1. The maximum absolute atomic E-state index is 5.88. The summed E-state index contributed by atoms with van der Waals surface area (Å²) < 4.78 is 5.88. The van der Waals surface area contributed by atoms with Gasteiger partial charge in [0.1, 0.15) is 0 Å². The molecule has 1 heterocycles. The fourth-order valence-corrected chi connectivity index (χ4v) is 1.83. The van der Waals surface area contributed by atoms with Crippen LogP contribution in [0.25, 0.3) is 0 Å². The molecule has 0 aromatic heterocycles. The van der Waals surface area contributed by atoms with Gasteiger partial charge in [0.25, 0.3) is 0 Å². The second kappa shape index (κ2) is 3.00. The monoisotopic (exact) mass is 169 g/mol.